The predicted octanol–water partition coefficient (Wildman–Crippen LogP) is 0.648. The van der Waals surface area contributed by atoms with Crippen molar-refractivity contribution < 1.29 is 9.84 Å². The van der Waals surface area contributed by atoms with E-state index in [9.17, 15) is 5.11 Å². The molecule has 1 heterocycles. The van der Waals surface area contributed by atoms with Crippen LogP contribution in [-0.4, -0.2) is 23.9 Å². The van der Waals surface area contributed by atoms with Gasteiger partial charge in [0.2, 0.25) is 0 Å². The van der Waals surface area contributed by atoms with Gasteiger partial charge in [0, 0.05) is 0 Å². The van der Waals surface area contributed by atoms with Crippen LogP contribution in [0, 0.1) is 23.7 Å². The summed E-state index contributed by atoms with van der Waals surface area (Å²) in [6.07, 6.45) is 1.28. The van der Waals surface area contributed by atoms with Crippen molar-refractivity contribution >= 4 is 0 Å². The number of aliphatic hydroxyl groups is 1. The monoisotopic (exact) mass is 154 g/mol. The molecule has 2 saturated carbocycles. The van der Waals surface area contributed by atoms with Crippen molar-refractivity contribution in [3.05, 3.63) is 0 Å². The van der Waals surface area contributed by atoms with Crippen LogP contribution in [-0.2, 0) is 4.74 Å². The van der Waals surface area contributed by atoms with Crippen LogP contribution < -0.4 is 0 Å². The van der Waals surface area contributed by atoms with Crippen LogP contribution >= 0.6 is 0 Å². The lowest BCUT2D eigenvalue weighted by Gasteiger charge is -2.27. The van der Waals surface area contributed by atoms with Gasteiger partial charge in [-0.05, 0) is 30.1 Å². The van der Waals surface area contributed by atoms with Crippen molar-refractivity contribution in [2.24, 2.45) is 23.7 Å². The number of hydrogen-bond donors (Lipinski definition) is 1. The first-order chi connectivity index (χ1) is 5.29. The highest BCUT2D eigenvalue weighted by molar-refractivity contribution is 5.08. The van der Waals surface area contributed by atoms with E-state index in [1.165, 1.54) is 6.42 Å². The molecule has 1 N–H and O–H groups in total. The molecule has 0 amide bonds. The van der Waals surface area contributed by atoms with Crippen molar-refractivity contribution in [2.75, 3.05) is 6.61 Å². The van der Waals surface area contributed by atoms with E-state index >= 15 is 0 Å². The van der Waals surface area contributed by atoms with Gasteiger partial charge >= 0.3 is 0 Å². The summed E-state index contributed by atoms with van der Waals surface area (Å²) < 4.78 is 5.56. The minimum Gasteiger partial charge on any atom is -0.390 e. The first-order valence-electron chi connectivity index (χ1n) is 4.58. The molecular weight excluding hydrogens is 140 g/mol. The number of hydrogen-bond acceptors (Lipinski definition) is 2. The summed E-state index contributed by atoms with van der Waals surface area (Å²) in [5, 5.41) is 9.75. The predicted molar refractivity (Wildman–Crippen MR) is 40.0 cm³/mol. The van der Waals surface area contributed by atoms with Crippen LogP contribution in [0.5, 0.6) is 0 Å². The van der Waals surface area contributed by atoms with E-state index in [1.54, 1.807) is 0 Å². The van der Waals surface area contributed by atoms with Gasteiger partial charge < -0.3 is 9.84 Å². The van der Waals surface area contributed by atoms with Crippen molar-refractivity contribution in [3.8, 4) is 0 Å². The van der Waals surface area contributed by atoms with Crippen LogP contribution in [0.25, 0.3) is 0 Å². The second-order valence-electron chi connectivity index (χ2n) is 4.37. The number of fused-ring (bicyclic) bond motifs is 1. The smallest absolute Gasteiger partial charge is 0.0868 e. The molecule has 2 aliphatic carbocycles. The summed E-state index contributed by atoms with van der Waals surface area (Å²) in [5.74, 6) is 2.73. The molecule has 0 aromatic carbocycles. The molecule has 6 unspecified atom stereocenters. The molecule has 1 aliphatic heterocycles. The normalized spacial score (nSPS) is 66.0. The van der Waals surface area contributed by atoms with Crippen molar-refractivity contribution in [1.29, 1.82) is 0 Å². The van der Waals surface area contributed by atoms with Gasteiger partial charge in [-0.3, -0.25) is 0 Å². The van der Waals surface area contributed by atoms with Gasteiger partial charge in [0.25, 0.3) is 0 Å². The van der Waals surface area contributed by atoms with E-state index in [-0.39, 0.29) is 12.2 Å². The van der Waals surface area contributed by atoms with Crippen LogP contribution in [0.2, 0.25) is 0 Å². The first-order valence-corrected chi connectivity index (χ1v) is 4.58. The maximum absolute atomic E-state index is 9.75. The lowest BCUT2D eigenvalue weighted by Crippen LogP contribution is -2.35. The Morgan fingerprint density at radius 2 is 2.09 bits per heavy atom. The SMILES string of the molecule is CC1C2CC3C1COC3C2O. The Hall–Kier alpha value is -0.0800. The van der Waals surface area contributed by atoms with E-state index in [1.807, 2.05) is 0 Å². The zero-order valence-corrected chi connectivity index (χ0v) is 6.73. The lowest BCUT2D eigenvalue weighted by atomic mass is 9.80. The Morgan fingerprint density at radius 1 is 1.27 bits per heavy atom. The largest absolute Gasteiger partial charge is 0.390 e. The molecule has 0 radical (unpaired) electrons. The standard InChI is InChI=1S/C9H14O2/c1-4-5-2-6-7(4)3-11-9(6)8(5)10/h4-10H,2-3H2,1H3. The highest BCUT2D eigenvalue weighted by Crippen LogP contribution is 2.56. The zero-order valence-electron chi connectivity index (χ0n) is 6.73. The Labute approximate surface area is 66.5 Å². The van der Waals surface area contributed by atoms with Crippen molar-refractivity contribution in [2.45, 2.75) is 25.6 Å². The van der Waals surface area contributed by atoms with E-state index in [4.69, 9.17) is 4.74 Å². The number of ether oxygens (including phenoxy) is 1. The van der Waals surface area contributed by atoms with Crippen molar-refractivity contribution in [3.63, 3.8) is 0 Å². The third kappa shape index (κ3) is 0.574. The summed E-state index contributed by atoms with van der Waals surface area (Å²) in [4.78, 5) is 0. The van der Waals surface area contributed by atoms with Gasteiger partial charge in [-0.1, -0.05) is 6.92 Å². The third-order valence-electron chi connectivity index (χ3n) is 4.12. The fourth-order valence-corrected chi connectivity index (χ4v) is 3.46. The molecule has 3 fully saturated rings. The molecule has 0 aromatic heterocycles. The second kappa shape index (κ2) is 1.80. The van der Waals surface area contributed by atoms with Gasteiger partial charge in [0.1, 0.15) is 0 Å². The van der Waals surface area contributed by atoms with Gasteiger partial charge in [0.15, 0.2) is 0 Å². The fourth-order valence-electron chi connectivity index (χ4n) is 3.46. The molecule has 62 valence electrons. The molecule has 2 bridgehead atoms. The lowest BCUT2D eigenvalue weighted by molar-refractivity contribution is -0.0155. The van der Waals surface area contributed by atoms with Crippen LogP contribution in [0.4, 0.5) is 0 Å². The molecule has 3 aliphatic rings. The van der Waals surface area contributed by atoms with E-state index in [0.717, 1.165) is 12.5 Å². The second-order valence-corrected chi connectivity index (χ2v) is 4.37. The molecule has 2 heteroatoms. The molecular formula is C9H14O2. The highest BCUT2D eigenvalue weighted by Gasteiger charge is 2.60. The quantitative estimate of drug-likeness (QED) is 0.555. The average Bonchev–Trinajstić information content (AvgIpc) is 2.53. The van der Waals surface area contributed by atoms with Gasteiger partial charge in [-0.2, -0.15) is 0 Å². The highest BCUT2D eigenvalue weighted by atomic mass is 16.5. The summed E-state index contributed by atoms with van der Waals surface area (Å²) in [5.41, 5.74) is 0. The third-order valence-corrected chi connectivity index (χ3v) is 4.12. The molecule has 1 saturated heterocycles. The van der Waals surface area contributed by atoms with E-state index in [2.05, 4.69) is 6.92 Å². The van der Waals surface area contributed by atoms with Crippen LogP contribution in [0.1, 0.15) is 13.3 Å². The van der Waals surface area contributed by atoms with E-state index < -0.39 is 0 Å². The van der Waals surface area contributed by atoms with Crippen LogP contribution in [0.15, 0.2) is 0 Å². The number of aliphatic hydroxyl groups excluding tert-OH is 1. The minimum atomic E-state index is -0.145. The summed E-state index contributed by atoms with van der Waals surface area (Å²) in [7, 11) is 0. The molecule has 0 aromatic rings. The molecule has 2 nitrogen and oxygen atoms in total. The molecule has 6 atom stereocenters. The Bertz CT molecular complexity index is 174. The first kappa shape index (κ1) is 6.44. The molecule has 3 rings (SSSR count). The van der Waals surface area contributed by atoms with Gasteiger partial charge in [-0.25, -0.2) is 0 Å². The minimum absolute atomic E-state index is 0.145. The fraction of sp³-hybridized carbons (Fsp3) is 1.00. The molecule has 11 heavy (non-hydrogen) atoms. The van der Waals surface area contributed by atoms with Gasteiger partial charge in [-0.15, -0.1) is 0 Å². The van der Waals surface area contributed by atoms with Crippen LogP contribution in [0.3, 0.4) is 0 Å². The Kier molecular flexibility index (Phi) is 1.06. The Balaban J connectivity index is 2.01. The summed E-state index contributed by atoms with van der Waals surface area (Å²) >= 11 is 0. The topological polar surface area (TPSA) is 29.5 Å². The summed E-state index contributed by atoms with van der Waals surface area (Å²) in [6, 6.07) is 0. The van der Waals surface area contributed by atoms with E-state index in [0.29, 0.717) is 17.8 Å². The maximum atomic E-state index is 9.75. The summed E-state index contributed by atoms with van der Waals surface area (Å²) in [6.45, 7) is 3.17. The van der Waals surface area contributed by atoms with Crippen molar-refractivity contribution in [1.82, 2.24) is 0 Å². The Morgan fingerprint density at radius 3 is 2.82 bits per heavy atom. The zero-order chi connectivity index (χ0) is 7.59. The molecule has 0 spiro atoms. The van der Waals surface area contributed by atoms with Gasteiger partial charge in [0.05, 0.1) is 18.8 Å². The maximum Gasteiger partial charge on any atom is 0.0868 e. The number of rotatable bonds is 0. The average molecular weight is 154 g/mol.